The van der Waals surface area contributed by atoms with Gasteiger partial charge in [-0.1, -0.05) is 12.1 Å². The van der Waals surface area contributed by atoms with Crippen molar-refractivity contribution in [1.82, 2.24) is 24.8 Å². The maximum absolute atomic E-state index is 14.2. The second-order valence-corrected chi connectivity index (χ2v) is 12.5. The van der Waals surface area contributed by atoms with Gasteiger partial charge in [0.15, 0.2) is 0 Å². The van der Waals surface area contributed by atoms with Crippen molar-refractivity contribution in [2.24, 2.45) is 0 Å². The Morgan fingerprint density at radius 2 is 1.71 bits per heavy atom. The summed E-state index contributed by atoms with van der Waals surface area (Å²) < 4.78 is 69.2. The van der Waals surface area contributed by atoms with Gasteiger partial charge >= 0.3 is 0 Å². The minimum atomic E-state index is -3.84. The Balaban J connectivity index is 1.36. The summed E-state index contributed by atoms with van der Waals surface area (Å²) in [5, 5.41) is 3.30. The highest BCUT2D eigenvalue weighted by molar-refractivity contribution is 7.91. The van der Waals surface area contributed by atoms with Gasteiger partial charge < -0.3 is 10.2 Å². The summed E-state index contributed by atoms with van der Waals surface area (Å²) in [6.45, 7) is 1.63. The van der Waals surface area contributed by atoms with E-state index in [1.54, 1.807) is 13.0 Å². The molecule has 9 nitrogen and oxygen atoms in total. The maximum atomic E-state index is 14.2. The molecule has 0 spiro atoms. The molecule has 2 N–H and O–H groups in total. The summed E-state index contributed by atoms with van der Waals surface area (Å²) >= 11 is 0. The fraction of sp³-hybridized carbons (Fsp3) is 0.379. The lowest BCUT2D eigenvalue weighted by Gasteiger charge is -2.32. The number of alkyl halides is 2. The van der Waals surface area contributed by atoms with E-state index in [0.29, 0.717) is 28.8 Å². The summed E-state index contributed by atoms with van der Waals surface area (Å²) in [7, 11) is 0.308. The summed E-state index contributed by atoms with van der Waals surface area (Å²) in [4.78, 5) is 19.8. The molecule has 1 aliphatic rings. The second-order valence-electron chi connectivity index (χ2n) is 10.8. The van der Waals surface area contributed by atoms with Crippen LogP contribution in [0.4, 0.5) is 24.9 Å². The zero-order chi connectivity index (χ0) is 30.0. The minimum absolute atomic E-state index is 0.0619. The third kappa shape index (κ3) is 6.96. The van der Waals surface area contributed by atoms with Crippen LogP contribution < -0.4 is 10.0 Å². The molecule has 1 fully saturated rings. The Labute approximate surface area is 242 Å². The largest absolute Gasteiger partial charge is 0.351 e. The van der Waals surface area contributed by atoms with Crippen LogP contribution in [0.1, 0.15) is 48.9 Å². The van der Waals surface area contributed by atoms with E-state index in [0.717, 1.165) is 25.7 Å². The van der Waals surface area contributed by atoms with Crippen molar-refractivity contribution in [2.45, 2.75) is 56.9 Å². The van der Waals surface area contributed by atoms with Gasteiger partial charge in [-0.15, -0.1) is 0 Å². The van der Waals surface area contributed by atoms with E-state index >= 15 is 0 Å². The van der Waals surface area contributed by atoms with Gasteiger partial charge in [0.2, 0.25) is 16.0 Å². The fourth-order valence-corrected chi connectivity index (χ4v) is 6.36. The van der Waals surface area contributed by atoms with E-state index in [2.05, 4.69) is 49.0 Å². The number of fused-ring (bicyclic) bond motifs is 1. The van der Waals surface area contributed by atoms with Crippen LogP contribution in [0.2, 0.25) is 0 Å². The normalized spacial score (nSPS) is 17.6. The third-order valence-corrected chi connectivity index (χ3v) is 8.70. The first-order chi connectivity index (χ1) is 20.0. The zero-order valence-electron chi connectivity index (χ0n) is 23.5. The highest BCUT2D eigenvalue weighted by Gasteiger charge is 2.24. The van der Waals surface area contributed by atoms with Gasteiger partial charge in [-0.3, -0.25) is 4.72 Å². The average Bonchev–Trinajstić information content (AvgIpc) is 2.93. The number of sulfonamides is 1. The number of halogens is 3. The molecule has 0 atom stereocenters. The van der Waals surface area contributed by atoms with Crippen molar-refractivity contribution in [3.8, 4) is 11.3 Å². The number of aromatic nitrogens is 4. The Morgan fingerprint density at radius 3 is 2.36 bits per heavy atom. The molecule has 222 valence electrons. The Kier molecular flexibility index (Phi) is 8.60. The monoisotopic (exact) mass is 599 g/mol. The summed E-state index contributed by atoms with van der Waals surface area (Å²) in [5.74, 6) is -0.474. The quantitative estimate of drug-likeness (QED) is 0.252. The summed E-state index contributed by atoms with van der Waals surface area (Å²) in [6, 6.07) is 10.1. The van der Waals surface area contributed by atoms with Gasteiger partial charge in [0.05, 0.1) is 17.6 Å². The number of anilines is 2. The molecule has 1 saturated carbocycles. The number of nitrogens with one attached hydrogen (secondary N) is 2. The van der Waals surface area contributed by atoms with Crippen molar-refractivity contribution in [1.29, 1.82) is 0 Å². The van der Waals surface area contributed by atoms with Gasteiger partial charge in [0.1, 0.15) is 22.7 Å². The molecular formula is C29H32F3N7O2S. The Hall–Kier alpha value is -3.84. The van der Waals surface area contributed by atoms with E-state index < -0.39 is 22.3 Å². The highest BCUT2D eigenvalue weighted by atomic mass is 32.2. The van der Waals surface area contributed by atoms with E-state index in [4.69, 9.17) is 0 Å². The van der Waals surface area contributed by atoms with Crippen molar-refractivity contribution >= 4 is 32.8 Å². The molecule has 0 radical (unpaired) electrons. The lowest BCUT2D eigenvalue weighted by molar-refractivity contribution is 0.153. The molecule has 0 bridgehead atoms. The van der Waals surface area contributed by atoms with Gasteiger partial charge in [-0.05, 0) is 82.6 Å². The number of pyridine rings is 2. The molecule has 0 aliphatic heterocycles. The van der Waals surface area contributed by atoms with Crippen molar-refractivity contribution in [3.63, 3.8) is 0 Å². The SMILES string of the molecule is Cc1nc(NS(=O)(=O)Cc2ccc(F)cc2)ccc1-c1cc(C(F)F)c2nc(NC3CCC(N(C)C)CC3)ncc2n1. The van der Waals surface area contributed by atoms with Gasteiger partial charge in [-0.25, -0.2) is 41.5 Å². The van der Waals surface area contributed by atoms with Crippen LogP contribution in [-0.2, 0) is 15.8 Å². The van der Waals surface area contributed by atoms with E-state index in [-0.39, 0.29) is 39.9 Å². The molecule has 3 heterocycles. The number of aryl methyl sites for hydroxylation is 1. The van der Waals surface area contributed by atoms with Gasteiger partial charge in [0, 0.05) is 28.9 Å². The van der Waals surface area contributed by atoms with Gasteiger partial charge in [-0.2, -0.15) is 0 Å². The minimum Gasteiger partial charge on any atom is -0.351 e. The number of rotatable bonds is 9. The first-order valence-electron chi connectivity index (χ1n) is 13.6. The predicted octanol–water partition coefficient (Wildman–Crippen LogP) is 5.70. The highest BCUT2D eigenvalue weighted by Crippen LogP contribution is 2.32. The first-order valence-corrected chi connectivity index (χ1v) is 15.2. The van der Waals surface area contributed by atoms with Crippen LogP contribution in [0.25, 0.3) is 22.3 Å². The molecule has 0 amide bonds. The van der Waals surface area contributed by atoms with Crippen molar-refractivity contribution in [3.05, 3.63) is 71.3 Å². The maximum Gasteiger partial charge on any atom is 0.266 e. The molecular weight excluding hydrogens is 567 g/mol. The lowest BCUT2D eigenvalue weighted by Crippen LogP contribution is -2.36. The van der Waals surface area contributed by atoms with Crippen molar-refractivity contribution in [2.75, 3.05) is 24.1 Å². The molecule has 1 aliphatic carbocycles. The topological polar surface area (TPSA) is 113 Å². The van der Waals surface area contributed by atoms with Crippen LogP contribution in [0, 0.1) is 12.7 Å². The van der Waals surface area contributed by atoms with E-state index in [9.17, 15) is 21.6 Å². The second kappa shape index (κ2) is 12.2. The average molecular weight is 600 g/mol. The summed E-state index contributed by atoms with van der Waals surface area (Å²) in [6.07, 6.45) is 2.58. The molecule has 3 aromatic heterocycles. The number of hydrogen-bond donors (Lipinski definition) is 2. The van der Waals surface area contributed by atoms with Crippen LogP contribution in [0.15, 0.2) is 48.7 Å². The molecule has 4 aromatic rings. The van der Waals surface area contributed by atoms with E-state index in [1.807, 2.05) is 0 Å². The first kappa shape index (κ1) is 29.6. The molecule has 13 heteroatoms. The van der Waals surface area contributed by atoms with Crippen LogP contribution >= 0.6 is 0 Å². The van der Waals surface area contributed by atoms with Crippen LogP contribution in [-0.4, -0.2) is 59.4 Å². The van der Waals surface area contributed by atoms with Crippen LogP contribution in [0.3, 0.4) is 0 Å². The summed E-state index contributed by atoms with van der Waals surface area (Å²) in [5.41, 5.74) is 1.51. The van der Waals surface area contributed by atoms with Crippen LogP contribution in [0.5, 0.6) is 0 Å². The smallest absolute Gasteiger partial charge is 0.266 e. The Bertz CT molecular complexity index is 1680. The number of hydrogen-bond acceptors (Lipinski definition) is 8. The molecule has 42 heavy (non-hydrogen) atoms. The standard InChI is InChI=1S/C29H32F3N7O2S/c1-17-22(12-13-26(34-17)38-42(40,41)16-18-4-6-19(30)7-5-18)24-14-23(28(31)32)27-25(36-24)15-33-29(37-27)35-20-8-10-21(11-9-20)39(2)3/h4-7,12-15,20-21,28H,8-11,16H2,1-3H3,(H,34,38)(H,33,35,37). The number of nitrogens with zero attached hydrogens (tertiary/aromatic N) is 5. The zero-order valence-corrected chi connectivity index (χ0v) is 24.3. The fourth-order valence-electron chi connectivity index (χ4n) is 5.22. The molecule has 5 rings (SSSR count). The third-order valence-electron chi connectivity index (χ3n) is 7.46. The van der Waals surface area contributed by atoms with E-state index in [1.165, 1.54) is 42.6 Å². The van der Waals surface area contributed by atoms with Gasteiger partial charge in [0.25, 0.3) is 6.43 Å². The molecule has 0 unspecified atom stereocenters. The lowest BCUT2D eigenvalue weighted by atomic mass is 9.91. The molecule has 0 saturated heterocycles. The number of benzene rings is 1. The molecule has 1 aromatic carbocycles. The van der Waals surface area contributed by atoms with Crippen molar-refractivity contribution < 1.29 is 21.6 Å². The Morgan fingerprint density at radius 1 is 1.00 bits per heavy atom. The predicted molar refractivity (Wildman–Crippen MR) is 156 cm³/mol.